The number of hydrogen-bond acceptors (Lipinski definition) is 9. The molecule has 4 radical (unpaired) electrons. The van der Waals surface area contributed by atoms with E-state index in [4.69, 9.17) is 4.42 Å². The molecule has 0 atom stereocenters. The second kappa shape index (κ2) is 55.6. The third-order valence-corrected chi connectivity index (χ3v) is 23.5. The van der Waals surface area contributed by atoms with Gasteiger partial charge in [0.05, 0.1) is 5.69 Å². The zero-order valence-electron chi connectivity index (χ0n) is 81.8. The Morgan fingerprint density at radius 3 is 0.866 bits per heavy atom. The van der Waals surface area contributed by atoms with Gasteiger partial charge < -0.3 is 24.4 Å². The van der Waals surface area contributed by atoms with Crippen LogP contribution in [0, 0.1) is 76.2 Å². The van der Waals surface area contributed by atoms with Crippen LogP contribution in [0.2, 0.25) is 0 Å². The van der Waals surface area contributed by atoms with Crippen LogP contribution in [0.15, 0.2) is 527 Å². The van der Waals surface area contributed by atoms with E-state index < -0.39 is 0 Å². The Bertz CT molecular complexity index is 7790. The summed E-state index contributed by atoms with van der Waals surface area (Å²) in [6.45, 7) is 8.43. The van der Waals surface area contributed by atoms with Gasteiger partial charge in [-0.2, -0.15) is 93.2 Å². The molecule has 16 aromatic carbocycles. The average Bonchev–Trinajstić information content (AvgIpc) is 1.19. The Morgan fingerprint density at radius 1 is 0.215 bits per heavy atom. The number of furan rings is 1. The fourth-order valence-electron chi connectivity index (χ4n) is 16.5. The molecule has 736 valence electrons. The molecule has 0 aliphatic carbocycles. The molecule has 0 aliphatic rings. The Morgan fingerprint density at radius 2 is 0.517 bits per heavy atom. The largest absolute Gasteiger partial charge is 0.456 e. The quantitative estimate of drug-likeness (QED) is 0.0919. The molecular formula is C132H98Ir4N12O-8. The Kier molecular flexibility index (Phi) is 40.3. The number of para-hydroxylation sites is 1. The summed E-state index contributed by atoms with van der Waals surface area (Å²) in [5.41, 5.74) is 35.2. The molecule has 0 unspecified atom stereocenters. The number of aromatic nitrogens is 12. The van der Waals surface area contributed by atoms with Crippen molar-refractivity contribution in [3.8, 4) is 146 Å². The minimum atomic E-state index is 0. The van der Waals surface area contributed by atoms with E-state index in [0.29, 0.717) is 0 Å². The summed E-state index contributed by atoms with van der Waals surface area (Å²) in [7, 11) is 0. The normalized spacial score (nSPS) is 10.2. The second-order valence-electron chi connectivity index (χ2n) is 33.6. The SMILES string of the molecule is Cc1cc(-c2ccccc2)cc(C)c1-c1cc[c-]c(-n2cccn2)c1.Cc1cc(C)n(-c2[c-]ccc(-c3ccc(-c4ccccc4)cc3)c2)n1.[Ir].[Ir].[Ir].[Ir].[c-]1ccc(-c2ccc(-c3ccccc3)cc2)cc1-n1cccn1.[c-]1ccc(-c2ccc3c(c2)oc2ccccc23)cc1-n1cccn1.[c-]1ccccc1-c1ccccn1.[c-]1ccccc1-c1ccccn1.[c-]1ccccc1-c1ccccn1.[c-]1ccccc1-c1ccccn1. The summed E-state index contributed by atoms with van der Waals surface area (Å²) in [6, 6.07) is 180. The summed E-state index contributed by atoms with van der Waals surface area (Å²) in [4.78, 5) is 16.9. The minimum Gasteiger partial charge on any atom is -0.456 e. The molecule has 17 heteroatoms. The van der Waals surface area contributed by atoms with Gasteiger partial charge in [0, 0.05) is 159 Å². The fraction of sp³-hybridized carbons (Fsp3) is 0.0303. The molecule has 0 spiro atoms. The molecule has 0 fully saturated rings. The Labute approximate surface area is 925 Å². The van der Waals surface area contributed by atoms with Crippen molar-refractivity contribution in [1.29, 1.82) is 0 Å². The molecule has 0 aliphatic heterocycles. The van der Waals surface area contributed by atoms with Crippen molar-refractivity contribution in [2.24, 2.45) is 0 Å². The Hall–Kier alpha value is -16.6. The average molecular weight is 2640 g/mol. The third-order valence-electron chi connectivity index (χ3n) is 23.5. The number of aryl methyl sites for hydroxylation is 4. The molecular weight excluding hydrogens is 2540 g/mol. The van der Waals surface area contributed by atoms with E-state index in [1.165, 1.54) is 72.3 Å². The number of pyridine rings is 4. The monoisotopic (exact) mass is 2640 g/mol. The summed E-state index contributed by atoms with van der Waals surface area (Å²) >= 11 is 0. The maximum absolute atomic E-state index is 5.99. The maximum atomic E-state index is 5.99. The van der Waals surface area contributed by atoms with Crippen LogP contribution in [0.3, 0.4) is 0 Å². The number of benzene rings is 16. The number of fused-ring (bicyclic) bond motifs is 3. The smallest absolute Gasteiger partial charge is 0.135 e. The van der Waals surface area contributed by atoms with Crippen molar-refractivity contribution in [1.82, 2.24) is 59.1 Å². The van der Waals surface area contributed by atoms with E-state index >= 15 is 0 Å². The van der Waals surface area contributed by atoms with Crippen molar-refractivity contribution >= 4 is 21.9 Å². The van der Waals surface area contributed by atoms with Crippen LogP contribution in [-0.2, 0) is 80.4 Å². The van der Waals surface area contributed by atoms with Gasteiger partial charge in [-0.05, 0) is 207 Å². The van der Waals surface area contributed by atoms with Crippen LogP contribution in [0.5, 0.6) is 0 Å². The first-order valence-electron chi connectivity index (χ1n) is 47.6. The van der Waals surface area contributed by atoms with Gasteiger partial charge in [-0.3, -0.25) is 18.7 Å². The van der Waals surface area contributed by atoms with Gasteiger partial charge in [0.15, 0.2) is 0 Å². The van der Waals surface area contributed by atoms with Crippen molar-refractivity contribution in [2.45, 2.75) is 27.7 Å². The van der Waals surface area contributed by atoms with E-state index in [1.807, 2.05) is 287 Å². The van der Waals surface area contributed by atoms with E-state index in [-0.39, 0.29) is 80.4 Å². The van der Waals surface area contributed by atoms with Crippen LogP contribution in [0.1, 0.15) is 22.5 Å². The van der Waals surface area contributed by atoms with Crippen molar-refractivity contribution in [3.63, 3.8) is 0 Å². The van der Waals surface area contributed by atoms with Gasteiger partial charge in [-0.1, -0.05) is 224 Å². The summed E-state index contributed by atoms with van der Waals surface area (Å²) in [6.07, 6.45) is 18.3. The number of nitrogens with zero attached hydrogens (tertiary/aromatic N) is 12. The van der Waals surface area contributed by atoms with Gasteiger partial charge >= 0.3 is 0 Å². The van der Waals surface area contributed by atoms with E-state index in [9.17, 15) is 0 Å². The first kappa shape index (κ1) is 108. The molecule has 25 aromatic rings. The molecule has 25 rings (SSSR count). The summed E-state index contributed by atoms with van der Waals surface area (Å²) in [5.74, 6) is 0. The molecule has 0 bridgehead atoms. The molecule has 13 nitrogen and oxygen atoms in total. The van der Waals surface area contributed by atoms with E-state index in [1.54, 1.807) is 43.4 Å². The van der Waals surface area contributed by atoms with Crippen molar-refractivity contribution in [2.75, 3.05) is 0 Å². The molecule has 0 amide bonds. The number of hydrogen-bond donors (Lipinski definition) is 0. The first-order valence-corrected chi connectivity index (χ1v) is 47.6. The van der Waals surface area contributed by atoms with Gasteiger partial charge in [-0.15, -0.1) is 190 Å². The van der Waals surface area contributed by atoms with Gasteiger partial charge in [-0.25, -0.2) is 0 Å². The zero-order chi connectivity index (χ0) is 98.8. The molecule has 0 N–H and O–H groups in total. The van der Waals surface area contributed by atoms with Crippen LogP contribution < -0.4 is 0 Å². The van der Waals surface area contributed by atoms with E-state index in [0.717, 1.165) is 118 Å². The Balaban J connectivity index is 0.000000136. The minimum absolute atomic E-state index is 0. The predicted octanol–water partition coefficient (Wildman–Crippen LogP) is 31.7. The van der Waals surface area contributed by atoms with Crippen LogP contribution in [-0.4, -0.2) is 59.1 Å². The first-order chi connectivity index (χ1) is 71.6. The number of rotatable bonds is 15. The van der Waals surface area contributed by atoms with Gasteiger partial charge in [0.2, 0.25) is 0 Å². The van der Waals surface area contributed by atoms with Gasteiger partial charge in [0.25, 0.3) is 0 Å². The predicted molar refractivity (Wildman–Crippen MR) is 588 cm³/mol. The zero-order valence-corrected chi connectivity index (χ0v) is 91.3. The van der Waals surface area contributed by atoms with Crippen molar-refractivity contribution in [3.05, 3.63) is 594 Å². The van der Waals surface area contributed by atoms with Crippen LogP contribution in [0.4, 0.5) is 0 Å². The molecule has 9 aromatic heterocycles. The van der Waals surface area contributed by atoms with Crippen LogP contribution in [0.25, 0.3) is 168 Å². The van der Waals surface area contributed by atoms with Gasteiger partial charge in [0.1, 0.15) is 11.2 Å². The molecule has 9 heterocycles. The standard InChI is InChI=1S/2C23H19N2.C21H13N2O.C21H15N2.4C11H8N.4Ir/c1-17-14-21(19-8-4-3-5-9-19)15-18(2)23(17)20-10-6-11-22(16-20)25-13-7-12-24-25;1-17-15-18(2)25(24-17)23-10-6-9-22(16-23)21-13-11-20(12-14-21)19-7-4-3-5-8-19;1-2-8-20-18(7-1)19-10-9-16(14-21(19)24-20)15-5-3-6-17(13-15)23-12-4-11-22-23;1-2-6-17(7-3-1)18-10-12-19(13-11-18)20-8-4-9-21(16-20)23-15-5-14-22-23;4*1-2-6-10(7-3-1)11-8-4-5-9-12-11;;;;/h3-10,12-16H,1-2H3;3-9,11-16H,1-2H3;1-5,7-14H;1-8,10-16H;4*1-6,8-9H;;;;/q8*-1;;;;. The third kappa shape index (κ3) is 29.6. The summed E-state index contributed by atoms with van der Waals surface area (Å²) < 4.78 is 13.4. The second-order valence-corrected chi connectivity index (χ2v) is 33.6. The maximum Gasteiger partial charge on any atom is 0.135 e. The van der Waals surface area contributed by atoms with E-state index in [2.05, 4.69) is 328 Å². The summed E-state index contributed by atoms with van der Waals surface area (Å²) in [5, 5.41) is 19.7. The molecule has 0 saturated carbocycles. The van der Waals surface area contributed by atoms with Crippen LogP contribution >= 0.6 is 0 Å². The fourth-order valence-corrected chi connectivity index (χ4v) is 16.5. The topological polar surface area (TPSA) is 136 Å². The molecule has 149 heavy (non-hydrogen) atoms. The van der Waals surface area contributed by atoms with Crippen molar-refractivity contribution < 1.29 is 84.8 Å². The molecule has 0 saturated heterocycles.